The number of benzene rings is 3. The minimum absolute atomic E-state index is 0.107. The molecule has 1 N–H and O–H groups in total. The Labute approximate surface area is 176 Å². The normalized spacial score (nSPS) is 10.7. The number of fused-ring (bicyclic) bond motifs is 1. The number of nitrogens with one attached hydrogen (secondary N) is 1. The van der Waals surface area contributed by atoms with Crippen molar-refractivity contribution in [3.63, 3.8) is 0 Å². The fraction of sp³-hybridized carbons (Fsp3) is 0.154. The third-order valence-corrected chi connectivity index (χ3v) is 4.98. The summed E-state index contributed by atoms with van der Waals surface area (Å²) in [7, 11) is 0. The minimum Gasteiger partial charge on any atom is -0.494 e. The molecule has 0 radical (unpaired) electrons. The number of hydrogen-bond donors (Lipinski definition) is 1. The van der Waals surface area contributed by atoms with Gasteiger partial charge in [-0.1, -0.05) is 60.7 Å². The molecule has 0 spiro atoms. The maximum Gasteiger partial charge on any atom is 0.252 e. The van der Waals surface area contributed by atoms with Crippen LogP contribution < -0.4 is 10.1 Å². The van der Waals surface area contributed by atoms with Crippen molar-refractivity contribution in [3.8, 4) is 16.9 Å². The van der Waals surface area contributed by atoms with Crippen molar-refractivity contribution in [1.29, 1.82) is 0 Å². The fourth-order valence-electron chi connectivity index (χ4n) is 3.56. The van der Waals surface area contributed by atoms with E-state index in [9.17, 15) is 4.79 Å². The van der Waals surface area contributed by atoms with Crippen LogP contribution >= 0.6 is 0 Å². The van der Waals surface area contributed by atoms with Gasteiger partial charge in [0.2, 0.25) is 0 Å². The Hall–Kier alpha value is -3.66. The number of carbonyl (C=O) groups is 1. The number of rotatable bonds is 6. The molecule has 0 fully saturated rings. The Bertz CT molecular complexity index is 1170. The van der Waals surface area contributed by atoms with Crippen molar-refractivity contribution >= 4 is 16.8 Å². The van der Waals surface area contributed by atoms with E-state index in [0.29, 0.717) is 18.7 Å². The Morgan fingerprint density at radius 1 is 0.967 bits per heavy atom. The van der Waals surface area contributed by atoms with E-state index >= 15 is 0 Å². The lowest BCUT2D eigenvalue weighted by atomic mass is 9.98. The van der Waals surface area contributed by atoms with Crippen molar-refractivity contribution in [1.82, 2.24) is 10.3 Å². The first kappa shape index (κ1) is 19.6. The predicted octanol–water partition coefficient (Wildman–Crippen LogP) is 5.54. The average molecular weight is 396 g/mol. The lowest BCUT2D eigenvalue weighted by molar-refractivity contribution is 0.0952. The van der Waals surface area contributed by atoms with Gasteiger partial charge in [-0.25, -0.2) is 0 Å². The molecular weight excluding hydrogens is 372 g/mol. The number of nitrogens with zero attached hydrogens (tertiary/aromatic N) is 1. The van der Waals surface area contributed by atoms with Crippen molar-refractivity contribution in [2.75, 3.05) is 6.61 Å². The zero-order valence-corrected chi connectivity index (χ0v) is 17.2. The topological polar surface area (TPSA) is 51.2 Å². The lowest BCUT2D eigenvalue weighted by Crippen LogP contribution is -2.23. The molecule has 4 aromatic rings. The number of pyridine rings is 1. The van der Waals surface area contributed by atoms with Gasteiger partial charge in [0.1, 0.15) is 5.75 Å². The maximum atomic E-state index is 13.0. The standard InChI is InChI=1S/C26H24N2O2/c1-3-30-21-14-12-19(13-15-21)17-27-26(29)24-16-18(2)28-25-22(10-7-11-23(24)25)20-8-5-4-6-9-20/h4-16H,3,17H2,1-2H3,(H,27,29). The second kappa shape index (κ2) is 8.78. The first-order valence-electron chi connectivity index (χ1n) is 10.1. The number of aryl methyl sites for hydroxylation is 1. The molecular formula is C26H24N2O2. The maximum absolute atomic E-state index is 13.0. The average Bonchev–Trinajstić information content (AvgIpc) is 2.78. The van der Waals surface area contributed by atoms with Gasteiger partial charge in [-0.15, -0.1) is 0 Å². The predicted molar refractivity (Wildman–Crippen MR) is 121 cm³/mol. The minimum atomic E-state index is -0.107. The molecule has 4 nitrogen and oxygen atoms in total. The van der Waals surface area contributed by atoms with E-state index in [2.05, 4.69) is 17.4 Å². The van der Waals surface area contributed by atoms with E-state index in [-0.39, 0.29) is 5.91 Å². The number of para-hydroxylation sites is 1. The summed E-state index contributed by atoms with van der Waals surface area (Å²) >= 11 is 0. The highest BCUT2D eigenvalue weighted by Crippen LogP contribution is 2.29. The van der Waals surface area contributed by atoms with Crippen LogP contribution in [0.4, 0.5) is 0 Å². The van der Waals surface area contributed by atoms with E-state index in [0.717, 1.165) is 39.0 Å². The summed E-state index contributed by atoms with van der Waals surface area (Å²) in [4.78, 5) is 17.8. The summed E-state index contributed by atoms with van der Waals surface area (Å²) in [6, 6.07) is 25.7. The molecule has 0 saturated heterocycles. The van der Waals surface area contributed by atoms with Crippen LogP contribution in [-0.4, -0.2) is 17.5 Å². The molecule has 0 unspecified atom stereocenters. The molecule has 0 bridgehead atoms. The molecule has 1 aromatic heterocycles. The second-order valence-electron chi connectivity index (χ2n) is 7.14. The summed E-state index contributed by atoms with van der Waals surface area (Å²) in [5, 5.41) is 3.89. The van der Waals surface area contributed by atoms with Gasteiger partial charge < -0.3 is 10.1 Å². The number of amides is 1. The van der Waals surface area contributed by atoms with Gasteiger partial charge in [0.05, 0.1) is 17.7 Å². The summed E-state index contributed by atoms with van der Waals surface area (Å²) in [6.07, 6.45) is 0. The van der Waals surface area contributed by atoms with Crippen LogP contribution in [0.3, 0.4) is 0 Å². The number of hydrogen-bond acceptors (Lipinski definition) is 3. The first-order chi connectivity index (χ1) is 14.7. The molecule has 150 valence electrons. The third kappa shape index (κ3) is 4.18. The number of carbonyl (C=O) groups excluding carboxylic acids is 1. The van der Waals surface area contributed by atoms with Crippen LogP contribution in [0.2, 0.25) is 0 Å². The highest BCUT2D eigenvalue weighted by Gasteiger charge is 2.14. The molecule has 1 heterocycles. The van der Waals surface area contributed by atoms with Crippen molar-refractivity contribution < 1.29 is 9.53 Å². The van der Waals surface area contributed by atoms with Gasteiger partial charge in [-0.2, -0.15) is 0 Å². The Kier molecular flexibility index (Phi) is 5.75. The molecule has 4 rings (SSSR count). The van der Waals surface area contributed by atoms with Crippen LogP contribution in [0.15, 0.2) is 78.9 Å². The molecule has 1 amide bonds. The Morgan fingerprint density at radius 3 is 2.47 bits per heavy atom. The molecule has 0 aliphatic heterocycles. The largest absolute Gasteiger partial charge is 0.494 e. The van der Waals surface area contributed by atoms with Gasteiger partial charge in [0.25, 0.3) is 5.91 Å². The first-order valence-corrected chi connectivity index (χ1v) is 10.1. The Balaban J connectivity index is 1.62. The molecule has 0 saturated carbocycles. The van der Waals surface area contributed by atoms with Crippen molar-refractivity contribution in [2.45, 2.75) is 20.4 Å². The van der Waals surface area contributed by atoms with Gasteiger partial charge in [0, 0.05) is 23.2 Å². The van der Waals surface area contributed by atoms with Gasteiger partial charge in [0.15, 0.2) is 0 Å². The summed E-state index contributed by atoms with van der Waals surface area (Å²) in [5.74, 6) is 0.723. The van der Waals surface area contributed by atoms with Crippen molar-refractivity contribution in [2.24, 2.45) is 0 Å². The summed E-state index contributed by atoms with van der Waals surface area (Å²) in [5.41, 5.74) is 5.43. The van der Waals surface area contributed by atoms with E-state index < -0.39 is 0 Å². The van der Waals surface area contributed by atoms with Crippen LogP contribution in [0.25, 0.3) is 22.0 Å². The third-order valence-electron chi connectivity index (χ3n) is 4.98. The van der Waals surface area contributed by atoms with Crippen LogP contribution in [-0.2, 0) is 6.54 Å². The molecule has 30 heavy (non-hydrogen) atoms. The van der Waals surface area contributed by atoms with E-state index in [1.807, 2.05) is 80.6 Å². The fourth-order valence-corrected chi connectivity index (χ4v) is 3.56. The lowest BCUT2D eigenvalue weighted by Gasteiger charge is -2.12. The van der Waals surface area contributed by atoms with Crippen LogP contribution in [0.1, 0.15) is 28.5 Å². The SMILES string of the molecule is CCOc1ccc(CNC(=O)c2cc(C)nc3c(-c4ccccc4)cccc23)cc1. The second-order valence-corrected chi connectivity index (χ2v) is 7.14. The highest BCUT2D eigenvalue weighted by molar-refractivity contribution is 6.09. The smallest absolute Gasteiger partial charge is 0.252 e. The highest BCUT2D eigenvalue weighted by atomic mass is 16.5. The monoisotopic (exact) mass is 396 g/mol. The van der Waals surface area contributed by atoms with E-state index in [1.165, 1.54) is 0 Å². The molecule has 0 atom stereocenters. The van der Waals surface area contributed by atoms with Crippen LogP contribution in [0.5, 0.6) is 5.75 Å². The summed E-state index contributed by atoms with van der Waals surface area (Å²) in [6.45, 7) is 4.96. The van der Waals surface area contributed by atoms with E-state index in [4.69, 9.17) is 9.72 Å². The van der Waals surface area contributed by atoms with Gasteiger partial charge >= 0.3 is 0 Å². The van der Waals surface area contributed by atoms with Gasteiger partial charge in [-0.05, 0) is 43.2 Å². The van der Waals surface area contributed by atoms with Crippen molar-refractivity contribution in [3.05, 3.63) is 95.7 Å². The molecule has 4 heteroatoms. The number of aromatic nitrogens is 1. The van der Waals surface area contributed by atoms with Gasteiger partial charge in [-0.3, -0.25) is 9.78 Å². The quantitative estimate of drug-likeness (QED) is 0.466. The molecule has 0 aliphatic carbocycles. The number of ether oxygens (including phenoxy) is 1. The summed E-state index contributed by atoms with van der Waals surface area (Å²) < 4.78 is 5.47. The zero-order valence-electron chi connectivity index (χ0n) is 17.2. The zero-order chi connectivity index (χ0) is 20.9. The Morgan fingerprint density at radius 2 is 1.73 bits per heavy atom. The molecule has 0 aliphatic rings. The molecule has 3 aromatic carbocycles. The van der Waals surface area contributed by atoms with E-state index in [1.54, 1.807) is 0 Å². The van der Waals surface area contributed by atoms with Crippen LogP contribution in [0, 0.1) is 6.92 Å².